The highest BCUT2D eigenvalue weighted by molar-refractivity contribution is 6.29. The molecule has 0 bridgehead atoms. The first kappa shape index (κ1) is 17.1. The first-order valence-corrected chi connectivity index (χ1v) is 7.06. The number of nitrogens with zero attached hydrogens (tertiary/aromatic N) is 1. The van der Waals surface area contributed by atoms with Crippen LogP contribution in [0.1, 0.15) is 18.6 Å². The Bertz CT molecular complexity index is 715. The molecule has 0 spiro atoms. The first-order valence-electron chi connectivity index (χ1n) is 6.69. The summed E-state index contributed by atoms with van der Waals surface area (Å²) in [4.78, 5) is 15.6. The number of halogens is 3. The van der Waals surface area contributed by atoms with E-state index < -0.39 is 29.8 Å². The van der Waals surface area contributed by atoms with Crippen LogP contribution in [0.25, 0.3) is 0 Å². The number of aromatic nitrogens is 1. The van der Waals surface area contributed by atoms with Crippen molar-refractivity contribution >= 4 is 23.3 Å². The maximum atomic E-state index is 13.2. The molecule has 1 aromatic carbocycles. The molecule has 0 aliphatic carbocycles. The van der Waals surface area contributed by atoms with Crippen LogP contribution in [-0.4, -0.2) is 22.2 Å². The molecule has 2 aromatic rings. The van der Waals surface area contributed by atoms with Crippen LogP contribution >= 0.6 is 11.6 Å². The van der Waals surface area contributed by atoms with Crippen LogP contribution in [0.5, 0.6) is 0 Å². The predicted octanol–water partition coefficient (Wildman–Crippen LogP) is 3.26. The van der Waals surface area contributed by atoms with Crippen molar-refractivity contribution in [3.05, 3.63) is 58.9 Å². The largest absolute Gasteiger partial charge is 0.386 e. The molecule has 0 saturated carbocycles. The van der Waals surface area contributed by atoms with Crippen molar-refractivity contribution in [3.8, 4) is 0 Å². The molecule has 122 valence electrons. The summed E-state index contributed by atoms with van der Waals surface area (Å²) in [5, 5.41) is 15.3. The summed E-state index contributed by atoms with van der Waals surface area (Å²) in [7, 11) is 0. The highest BCUT2D eigenvalue weighted by Crippen LogP contribution is 2.19. The number of benzene rings is 1. The second-order valence-corrected chi connectivity index (χ2v) is 5.26. The lowest BCUT2D eigenvalue weighted by Gasteiger charge is -2.21. The number of hydrogen-bond acceptors (Lipinski definition) is 3. The Morgan fingerprint density at radius 2 is 2.00 bits per heavy atom. The molecule has 0 aliphatic heterocycles. The van der Waals surface area contributed by atoms with Gasteiger partial charge in [-0.3, -0.25) is 0 Å². The quantitative estimate of drug-likeness (QED) is 0.747. The summed E-state index contributed by atoms with van der Waals surface area (Å²) in [5.74, 6) is -2.07. The number of amides is 2. The average Bonchev–Trinajstić information content (AvgIpc) is 2.49. The molecule has 23 heavy (non-hydrogen) atoms. The minimum absolute atomic E-state index is 0.156. The third kappa shape index (κ3) is 4.61. The number of anilines is 1. The number of nitrogens with one attached hydrogen (secondary N) is 2. The number of hydrogen-bond donors (Lipinski definition) is 3. The van der Waals surface area contributed by atoms with Crippen molar-refractivity contribution in [2.45, 2.75) is 19.1 Å². The van der Waals surface area contributed by atoms with Crippen LogP contribution in [0.4, 0.5) is 19.3 Å². The van der Waals surface area contributed by atoms with E-state index in [1.54, 1.807) is 6.07 Å². The van der Waals surface area contributed by atoms with Crippen LogP contribution in [0.2, 0.25) is 5.15 Å². The monoisotopic (exact) mass is 341 g/mol. The van der Waals surface area contributed by atoms with E-state index in [9.17, 15) is 18.7 Å². The standard InChI is InChI=1S/C15H14ClF2N3O2/c1-8(14(22)9-2-3-11(17)12(18)6-9)20-15(23)21-10-4-5-19-13(16)7-10/h2-8,14,22H,1H3,(H2,19,20,21,23). The van der Waals surface area contributed by atoms with Gasteiger partial charge in [-0.15, -0.1) is 0 Å². The topological polar surface area (TPSA) is 74.2 Å². The van der Waals surface area contributed by atoms with Gasteiger partial charge in [-0.2, -0.15) is 0 Å². The van der Waals surface area contributed by atoms with Crippen LogP contribution in [-0.2, 0) is 0 Å². The van der Waals surface area contributed by atoms with Gasteiger partial charge in [-0.05, 0) is 36.8 Å². The molecular formula is C15H14ClF2N3O2. The third-order valence-corrected chi connectivity index (χ3v) is 3.31. The Balaban J connectivity index is 1.98. The zero-order valence-corrected chi connectivity index (χ0v) is 12.8. The molecule has 0 fully saturated rings. The SMILES string of the molecule is CC(NC(=O)Nc1ccnc(Cl)c1)C(O)c1ccc(F)c(F)c1. The van der Waals surface area contributed by atoms with Crippen LogP contribution < -0.4 is 10.6 Å². The molecule has 5 nitrogen and oxygen atoms in total. The minimum atomic E-state index is -1.20. The summed E-state index contributed by atoms with van der Waals surface area (Å²) < 4.78 is 26.1. The molecule has 2 atom stereocenters. The minimum Gasteiger partial charge on any atom is -0.386 e. The van der Waals surface area contributed by atoms with Crippen molar-refractivity contribution in [2.75, 3.05) is 5.32 Å². The Labute approximate surface area is 136 Å². The molecule has 2 unspecified atom stereocenters. The molecule has 1 aromatic heterocycles. The first-order chi connectivity index (χ1) is 10.9. The molecule has 1 heterocycles. The normalized spacial score (nSPS) is 13.3. The van der Waals surface area contributed by atoms with Gasteiger partial charge in [0.25, 0.3) is 0 Å². The average molecular weight is 342 g/mol. The predicted molar refractivity (Wildman–Crippen MR) is 82.2 cm³/mol. The highest BCUT2D eigenvalue weighted by Gasteiger charge is 2.20. The molecule has 0 radical (unpaired) electrons. The van der Waals surface area contributed by atoms with Gasteiger partial charge in [0.2, 0.25) is 0 Å². The van der Waals surface area contributed by atoms with Gasteiger partial charge in [0.05, 0.1) is 12.1 Å². The Morgan fingerprint density at radius 3 is 2.65 bits per heavy atom. The van der Waals surface area contributed by atoms with E-state index in [0.29, 0.717) is 5.69 Å². The molecule has 2 amide bonds. The highest BCUT2D eigenvalue weighted by atomic mass is 35.5. The number of aliphatic hydroxyl groups excluding tert-OH is 1. The second-order valence-electron chi connectivity index (χ2n) is 4.87. The number of carbonyl (C=O) groups is 1. The lowest BCUT2D eigenvalue weighted by molar-refractivity contribution is 0.138. The zero-order valence-electron chi connectivity index (χ0n) is 12.1. The summed E-state index contributed by atoms with van der Waals surface area (Å²) in [5.41, 5.74) is 0.584. The number of urea groups is 1. The van der Waals surface area contributed by atoms with E-state index in [2.05, 4.69) is 15.6 Å². The Morgan fingerprint density at radius 1 is 1.26 bits per heavy atom. The fourth-order valence-corrected chi connectivity index (χ4v) is 2.09. The van der Waals surface area contributed by atoms with E-state index in [1.165, 1.54) is 25.3 Å². The fourth-order valence-electron chi connectivity index (χ4n) is 1.92. The molecule has 0 aliphatic rings. The summed E-state index contributed by atoms with van der Waals surface area (Å²) in [6.07, 6.45) is 0.231. The summed E-state index contributed by atoms with van der Waals surface area (Å²) >= 11 is 5.70. The van der Waals surface area contributed by atoms with E-state index in [-0.39, 0.29) is 10.7 Å². The second kappa shape index (κ2) is 7.34. The van der Waals surface area contributed by atoms with Crippen molar-refractivity contribution < 1.29 is 18.7 Å². The number of aliphatic hydroxyl groups is 1. The van der Waals surface area contributed by atoms with E-state index in [1.807, 2.05) is 0 Å². The fraction of sp³-hybridized carbons (Fsp3) is 0.200. The summed E-state index contributed by atoms with van der Waals surface area (Å²) in [6.45, 7) is 1.53. The van der Waals surface area contributed by atoms with Crippen molar-refractivity contribution in [2.24, 2.45) is 0 Å². The molecule has 3 N–H and O–H groups in total. The zero-order chi connectivity index (χ0) is 17.0. The van der Waals surface area contributed by atoms with Gasteiger partial charge in [-0.1, -0.05) is 17.7 Å². The molecule has 8 heteroatoms. The van der Waals surface area contributed by atoms with Gasteiger partial charge in [0.1, 0.15) is 5.15 Å². The lowest BCUT2D eigenvalue weighted by Crippen LogP contribution is -2.39. The van der Waals surface area contributed by atoms with Gasteiger partial charge in [0, 0.05) is 11.9 Å². The van der Waals surface area contributed by atoms with Crippen molar-refractivity contribution in [1.82, 2.24) is 10.3 Å². The smallest absolute Gasteiger partial charge is 0.319 e. The number of carbonyl (C=O) groups excluding carboxylic acids is 1. The summed E-state index contributed by atoms with van der Waals surface area (Å²) in [6, 6.07) is 4.73. The van der Waals surface area contributed by atoms with Crippen molar-refractivity contribution in [1.29, 1.82) is 0 Å². The van der Waals surface area contributed by atoms with Crippen LogP contribution in [0.15, 0.2) is 36.5 Å². The number of pyridine rings is 1. The van der Waals surface area contributed by atoms with Gasteiger partial charge in [0.15, 0.2) is 11.6 Å². The maximum Gasteiger partial charge on any atom is 0.319 e. The number of rotatable bonds is 4. The third-order valence-electron chi connectivity index (χ3n) is 3.10. The Hall–Kier alpha value is -2.25. The molecule has 2 rings (SSSR count). The molecular weight excluding hydrogens is 328 g/mol. The van der Waals surface area contributed by atoms with E-state index >= 15 is 0 Å². The van der Waals surface area contributed by atoms with Gasteiger partial charge in [-0.25, -0.2) is 18.6 Å². The maximum absolute atomic E-state index is 13.2. The lowest BCUT2D eigenvalue weighted by atomic mass is 10.0. The van der Waals surface area contributed by atoms with Crippen molar-refractivity contribution in [3.63, 3.8) is 0 Å². The Kier molecular flexibility index (Phi) is 5.46. The van der Waals surface area contributed by atoms with E-state index in [4.69, 9.17) is 11.6 Å². The van der Waals surface area contributed by atoms with Gasteiger partial charge >= 0.3 is 6.03 Å². The van der Waals surface area contributed by atoms with E-state index in [0.717, 1.165) is 12.1 Å². The van der Waals surface area contributed by atoms with Crippen LogP contribution in [0.3, 0.4) is 0 Å². The molecule has 0 saturated heterocycles. The van der Waals surface area contributed by atoms with Gasteiger partial charge < -0.3 is 15.7 Å². The van der Waals surface area contributed by atoms with Crippen LogP contribution in [0, 0.1) is 11.6 Å².